The molecule has 0 atom stereocenters. The highest BCUT2D eigenvalue weighted by Crippen LogP contribution is 2.33. The van der Waals surface area contributed by atoms with Crippen molar-refractivity contribution in [1.29, 1.82) is 0 Å². The molecule has 0 radical (unpaired) electrons. The van der Waals surface area contributed by atoms with Crippen molar-refractivity contribution >= 4 is 29.2 Å². The van der Waals surface area contributed by atoms with Crippen LogP contribution in [0.1, 0.15) is 28.5 Å². The number of aromatic carboxylic acids is 1. The molecule has 0 aliphatic carbocycles. The predicted octanol–water partition coefficient (Wildman–Crippen LogP) is 5.96. The minimum atomic E-state index is -1.35. The van der Waals surface area contributed by atoms with Gasteiger partial charge in [-0.05, 0) is 56.2 Å². The molecular weight excluding hydrogens is 416 g/mol. The van der Waals surface area contributed by atoms with Crippen LogP contribution in [0.5, 0.6) is 0 Å². The van der Waals surface area contributed by atoms with E-state index in [0.717, 1.165) is 0 Å². The summed E-state index contributed by atoms with van der Waals surface area (Å²) in [6, 6.07) is 8.80. The molecule has 150 valence electrons. The van der Waals surface area contributed by atoms with Crippen molar-refractivity contribution in [3.8, 4) is 22.4 Å². The number of halogens is 3. The molecule has 7 heteroatoms. The number of carboxylic acids is 1. The Kier molecular flexibility index (Phi) is 5.82. The van der Waals surface area contributed by atoms with E-state index in [4.69, 9.17) is 23.2 Å². The summed E-state index contributed by atoms with van der Waals surface area (Å²) in [6.07, 6.45) is 0. The predicted molar refractivity (Wildman–Crippen MR) is 114 cm³/mol. The third-order valence-electron chi connectivity index (χ3n) is 4.91. The lowest BCUT2D eigenvalue weighted by Gasteiger charge is -2.22. The molecule has 2 aromatic carbocycles. The number of nitrogens with zero attached hydrogens (tertiary/aromatic N) is 1. The topological polar surface area (TPSA) is 59.3 Å². The number of hydrogen-bond donors (Lipinski definition) is 1. The second-order valence-electron chi connectivity index (χ2n) is 6.65. The maximum absolute atomic E-state index is 13.6. The lowest BCUT2D eigenvalue weighted by molar-refractivity contribution is 0.0695. The third-order valence-corrected chi connectivity index (χ3v) is 5.65. The Morgan fingerprint density at radius 3 is 2.34 bits per heavy atom. The van der Waals surface area contributed by atoms with Crippen LogP contribution in [-0.2, 0) is 6.54 Å². The van der Waals surface area contributed by atoms with Crippen molar-refractivity contribution in [1.82, 2.24) is 4.57 Å². The SMILES string of the molecule is CCn1c(C)c(-c2ccc(F)cc2C)c(=O)c(C(=O)O)c1-c1ccc(Cl)c(Cl)c1. The molecule has 1 heterocycles. The lowest BCUT2D eigenvalue weighted by Crippen LogP contribution is -2.25. The first kappa shape index (κ1) is 21.1. The van der Waals surface area contributed by atoms with Crippen LogP contribution >= 0.6 is 23.2 Å². The van der Waals surface area contributed by atoms with E-state index in [1.54, 1.807) is 36.6 Å². The maximum Gasteiger partial charge on any atom is 0.341 e. The van der Waals surface area contributed by atoms with E-state index in [-0.39, 0.29) is 21.8 Å². The van der Waals surface area contributed by atoms with Crippen molar-refractivity contribution in [2.75, 3.05) is 0 Å². The average Bonchev–Trinajstić information content (AvgIpc) is 2.65. The van der Waals surface area contributed by atoms with Crippen LogP contribution in [0.4, 0.5) is 4.39 Å². The van der Waals surface area contributed by atoms with Gasteiger partial charge in [-0.2, -0.15) is 0 Å². The van der Waals surface area contributed by atoms with E-state index in [2.05, 4.69) is 0 Å². The second kappa shape index (κ2) is 8.01. The molecule has 0 saturated heterocycles. The molecule has 29 heavy (non-hydrogen) atoms. The Morgan fingerprint density at radius 1 is 1.10 bits per heavy atom. The molecule has 0 saturated carbocycles. The zero-order chi connectivity index (χ0) is 21.5. The normalized spacial score (nSPS) is 11.0. The Bertz CT molecular complexity index is 1200. The summed E-state index contributed by atoms with van der Waals surface area (Å²) in [5.41, 5.74) is 1.60. The molecule has 3 rings (SSSR count). The fraction of sp³-hybridized carbons (Fsp3) is 0.182. The van der Waals surface area contributed by atoms with Crippen molar-refractivity contribution in [2.24, 2.45) is 0 Å². The Balaban J connectivity index is 2.47. The molecule has 0 aliphatic heterocycles. The van der Waals surface area contributed by atoms with Gasteiger partial charge < -0.3 is 9.67 Å². The van der Waals surface area contributed by atoms with Crippen LogP contribution in [0.3, 0.4) is 0 Å². The Morgan fingerprint density at radius 2 is 1.79 bits per heavy atom. The van der Waals surface area contributed by atoms with E-state index in [1.807, 2.05) is 6.92 Å². The molecule has 1 aromatic heterocycles. The van der Waals surface area contributed by atoms with E-state index in [1.165, 1.54) is 18.2 Å². The quantitative estimate of drug-likeness (QED) is 0.551. The molecule has 0 amide bonds. The number of aryl methyl sites for hydroxylation is 1. The van der Waals surface area contributed by atoms with Crippen molar-refractivity contribution in [3.05, 3.63) is 79.3 Å². The monoisotopic (exact) mass is 433 g/mol. The molecule has 3 aromatic rings. The summed E-state index contributed by atoms with van der Waals surface area (Å²) in [5.74, 6) is -1.77. The van der Waals surface area contributed by atoms with Crippen molar-refractivity contribution in [3.63, 3.8) is 0 Å². The fourth-order valence-corrected chi connectivity index (χ4v) is 3.89. The van der Waals surface area contributed by atoms with Gasteiger partial charge in [0.2, 0.25) is 5.43 Å². The molecule has 0 aliphatic rings. The highest BCUT2D eigenvalue weighted by molar-refractivity contribution is 6.42. The van der Waals surface area contributed by atoms with Crippen LogP contribution in [0.25, 0.3) is 22.4 Å². The van der Waals surface area contributed by atoms with Crippen LogP contribution < -0.4 is 5.43 Å². The van der Waals surface area contributed by atoms with Crippen LogP contribution in [0.15, 0.2) is 41.2 Å². The lowest BCUT2D eigenvalue weighted by atomic mass is 9.94. The molecule has 0 spiro atoms. The summed E-state index contributed by atoms with van der Waals surface area (Å²) in [5, 5.41) is 10.5. The molecule has 4 nitrogen and oxygen atoms in total. The molecular formula is C22H18Cl2FNO3. The summed E-state index contributed by atoms with van der Waals surface area (Å²) >= 11 is 12.1. The number of rotatable bonds is 4. The van der Waals surface area contributed by atoms with Gasteiger partial charge in [0.15, 0.2) is 0 Å². The number of carbonyl (C=O) groups is 1. The average molecular weight is 434 g/mol. The highest BCUT2D eigenvalue weighted by Gasteiger charge is 2.26. The first-order valence-electron chi connectivity index (χ1n) is 8.90. The summed E-state index contributed by atoms with van der Waals surface area (Å²) in [7, 11) is 0. The Labute approximate surface area is 177 Å². The number of benzene rings is 2. The molecule has 0 unspecified atom stereocenters. The fourth-order valence-electron chi connectivity index (χ4n) is 3.60. The highest BCUT2D eigenvalue weighted by atomic mass is 35.5. The van der Waals surface area contributed by atoms with Gasteiger partial charge in [0.25, 0.3) is 0 Å². The van der Waals surface area contributed by atoms with E-state index >= 15 is 0 Å². The van der Waals surface area contributed by atoms with Gasteiger partial charge in [-0.3, -0.25) is 4.79 Å². The largest absolute Gasteiger partial charge is 0.477 e. The van der Waals surface area contributed by atoms with E-state index in [9.17, 15) is 19.1 Å². The van der Waals surface area contributed by atoms with E-state index in [0.29, 0.717) is 34.0 Å². The first-order chi connectivity index (χ1) is 13.7. The van der Waals surface area contributed by atoms with Crippen LogP contribution in [0, 0.1) is 19.7 Å². The zero-order valence-electron chi connectivity index (χ0n) is 16.0. The van der Waals surface area contributed by atoms with Gasteiger partial charge in [-0.1, -0.05) is 35.3 Å². The summed E-state index contributed by atoms with van der Waals surface area (Å²) in [4.78, 5) is 25.5. The number of pyridine rings is 1. The van der Waals surface area contributed by atoms with Gasteiger partial charge in [0.1, 0.15) is 11.4 Å². The Hall–Kier alpha value is -2.63. The molecule has 0 fully saturated rings. The maximum atomic E-state index is 13.6. The standard InChI is InChI=1S/C22H18Cl2FNO3/c1-4-26-12(3)18(15-7-6-14(25)9-11(15)2)21(27)19(22(28)29)20(26)13-5-8-16(23)17(24)10-13/h5-10H,4H2,1-3H3,(H,28,29). The number of aromatic nitrogens is 1. The number of carboxylic acid groups (broad SMARTS) is 1. The second-order valence-corrected chi connectivity index (χ2v) is 7.47. The minimum Gasteiger partial charge on any atom is -0.477 e. The van der Waals surface area contributed by atoms with Crippen molar-refractivity contribution < 1.29 is 14.3 Å². The number of hydrogen-bond acceptors (Lipinski definition) is 2. The smallest absolute Gasteiger partial charge is 0.341 e. The third kappa shape index (κ3) is 3.68. The van der Waals surface area contributed by atoms with Gasteiger partial charge >= 0.3 is 5.97 Å². The van der Waals surface area contributed by atoms with Gasteiger partial charge in [0.05, 0.1) is 15.7 Å². The van der Waals surface area contributed by atoms with Crippen LogP contribution in [0.2, 0.25) is 10.0 Å². The first-order valence-corrected chi connectivity index (χ1v) is 9.65. The molecule has 0 bridgehead atoms. The van der Waals surface area contributed by atoms with Crippen LogP contribution in [-0.4, -0.2) is 15.6 Å². The molecule has 1 N–H and O–H groups in total. The van der Waals surface area contributed by atoms with Crippen molar-refractivity contribution in [2.45, 2.75) is 27.3 Å². The summed E-state index contributed by atoms with van der Waals surface area (Å²) < 4.78 is 15.3. The zero-order valence-corrected chi connectivity index (χ0v) is 17.5. The van der Waals surface area contributed by atoms with E-state index < -0.39 is 17.2 Å². The van der Waals surface area contributed by atoms with Gasteiger partial charge in [0, 0.05) is 23.4 Å². The summed E-state index contributed by atoms with van der Waals surface area (Å²) in [6.45, 7) is 5.69. The minimum absolute atomic E-state index is 0.241. The van der Waals surface area contributed by atoms with Gasteiger partial charge in [-0.25, -0.2) is 9.18 Å². The van der Waals surface area contributed by atoms with Gasteiger partial charge in [-0.15, -0.1) is 0 Å².